The van der Waals surface area contributed by atoms with E-state index in [1.807, 2.05) is 24.3 Å². The monoisotopic (exact) mass is 380 g/mol. The molecular formula is C20H20N4O4. The van der Waals surface area contributed by atoms with Crippen molar-refractivity contribution in [2.45, 2.75) is 0 Å². The first-order chi connectivity index (χ1) is 13.6. The zero-order valence-electron chi connectivity index (χ0n) is 15.4. The van der Waals surface area contributed by atoms with Crippen LogP contribution in [0.4, 0.5) is 5.69 Å². The number of benzene rings is 2. The van der Waals surface area contributed by atoms with Crippen molar-refractivity contribution in [2.75, 3.05) is 38.2 Å². The summed E-state index contributed by atoms with van der Waals surface area (Å²) in [6.45, 7) is 2.56. The SMILES string of the molecule is COc1ccccc1N1CCN(C(=O)c2ccc3[nH]c(=O)c(=O)[nH]c3c2)CC1. The van der Waals surface area contributed by atoms with Gasteiger partial charge in [-0.25, -0.2) is 0 Å². The fourth-order valence-electron chi connectivity index (χ4n) is 3.47. The fraction of sp³-hybridized carbons (Fsp3) is 0.250. The summed E-state index contributed by atoms with van der Waals surface area (Å²) in [7, 11) is 1.65. The molecule has 1 amide bonds. The number of rotatable bonds is 3. The summed E-state index contributed by atoms with van der Waals surface area (Å²) in [5, 5.41) is 0. The zero-order valence-corrected chi connectivity index (χ0v) is 15.4. The van der Waals surface area contributed by atoms with Crippen LogP contribution in [0, 0.1) is 0 Å². The molecule has 0 aliphatic carbocycles. The van der Waals surface area contributed by atoms with Crippen molar-refractivity contribution in [1.29, 1.82) is 0 Å². The van der Waals surface area contributed by atoms with E-state index in [-0.39, 0.29) is 5.91 Å². The van der Waals surface area contributed by atoms with Gasteiger partial charge in [-0.15, -0.1) is 0 Å². The molecule has 0 unspecified atom stereocenters. The molecule has 1 fully saturated rings. The zero-order chi connectivity index (χ0) is 19.7. The van der Waals surface area contributed by atoms with E-state index in [0.29, 0.717) is 42.8 Å². The second kappa shape index (κ2) is 7.22. The summed E-state index contributed by atoms with van der Waals surface area (Å²) < 4.78 is 5.42. The number of aromatic amines is 2. The molecule has 1 aliphatic heterocycles. The van der Waals surface area contributed by atoms with Crippen LogP contribution in [0.1, 0.15) is 10.4 Å². The fourth-order valence-corrected chi connectivity index (χ4v) is 3.47. The number of nitrogens with zero attached hydrogens (tertiary/aromatic N) is 2. The lowest BCUT2D eigenvalue weighted by atomic mass is 10.1. The molecule has 8 heteroatoms. The highest BCUT2D eigenvalue weighted by Crippen LogP contribution is 2.28. The number of hydrogen-bond donors (Lipinski definition) is 2. The molecule has 0 radical (unpaired) electrons. The van der Waals surface area contributed by atoms with E-state index in [1.165, 1.54) is 0 Å². The summed E-state index contributed by atoms with van der Waals surface area (Å²) in [4.78, 5) is 44.8. The maximum absolute atomic E-state index is 12.9. The lowest BCUT2D eigenvalue weighted by Gasteiger charge is -2.36. The number of H-pyrrole nitrogens is 2. The van der Waals surface area contributed by atoms with Crippen LogP contribution in [-0.4, -0.2) is 54.1 Å². The second-order valence-corrected chi connectivity index (χ2v) is 6.62. The van der Waals surface area contributed by atoms with Gasteiger partial charge < -0.3 is 24.5 Å². The largest absolute Gasteiger partial charge is 0.495 e. The number of amides is 1. The van der Waals surface area contributed by atoms with E-state index in [9.17, 15) is 14.4 Å². The lowest BCUT2D eigenvalue weighted by molar-refractivity contribution is 0.0747. The number of fused-ring (bicyclic) bond motifs is 1. The topological polar surface area (TPSA) is 98.5 Å². The van der Waals surface area contributed by atoms with Gasteiger partial charge in [-0.05, 0) is 30.3 Å². The first-order valence-electron chi connectivity index (χ1n) is 9.00. The Bertz CT molecular complexity index is 1140. The minimum absolute atomic E-state index is 0.103. The molecule has 4 rings (SSSR count). The Kier molecular flexibility index (Phi) is 4.60. The first-order valence-corrected chi connectivity index (χ1v) is 9.00. The minimum atomic E-state index is -0.734. The number of ether oxygens (including phenoxy) is 1. The Hall–Kier alpha value is -3.55. The van der Waals surface area contributed by atoms with E-state index >= 15 is 0 Å². The van der Waals surface area contributed by atoms with E-state index in [0.717, 1.165) is 11.4 Å². The van der Waals surface area contributed by atoms with Crippen LogP contribution in [0.5, 0.6) is 5.75 Å². The van der Waals surface area contributed by atoms with Crippen LogP contribution in [0.3, 0.4) is 0 Å². The Balaban J connectivity index is 1.51. The van der Waals surface area contributed by atoms with Gasteiger partial charge in [0.15, 0.2) is 0 Å². The van der Waals surface area contributed by atoms with Crippen LogP contribution in [0.15, 0.2) is 52.1 Å². The number of nitrogens with one attached hydrogen (secondary N) is 2. The maximum atomic E-state index is 12.9. The average molecular weight is 380 g/mol. The second-order valence-electron chi connectivity index (χ2n) is 6.62. The quantitative estimate of drug-likeness (QED) is 0.665. The third-order valence-corrected chi connectivity index (χ3v) is 4.96. The van der Waals surface area contributed by atoms with E-state index in [2.05, 4.69) is 14.9 Å². The van der Waals surface area contributed by atoms with Crippen LogP contribution in [-0.2, 0) is 0 Å². The molecule has 0 atom stereocenters. The number of aromatic nitrogens is 2. The summed E-state index contributed by atoms with van der Waals surface area (Å²) in [6.07, 6.45) is 0. The van der Waals surface area contributed by atoms with Crippen molar-refractivity contribution in [3.05, 3.63) is 68.7 Å². The van der Waals surface area contributed by atoms with Gasteiger partial charge in [-0.2, -0.15) is 0 Å². The number of anilines is 1. The Morgan fingerprint density at radius 1 is 0.929 bits per heavy atom. The molecule has 3 aromatic rings. The number of hydrogen-bond acceptors (Lipinski definition) is 5. The molecule has 2 heterocycles. The minimum Gasteiger partial charge on any atom is -0.495 e. The van der Waals surface area contributed by atoms with Crippen molar-refractivity contribution in [2.24, 2.45) is 0 Å². The van der Waals surface area contributed by atoms with Gasteiger partial charge in [0.25, 0.3) is 5.91 Å². The predicted molar refractivity (Wildman–Crippen MR) is 106 cm³/mol. The highest BCUT2D eigenvalue weighted by atomic mass is 16.5. The van der Waals surface area contributed by atoms with Gasteiger partial charge in [0.05, 0.1) is 23.8 Å². The summed E-state index contributed by atoms with van der Waals surface area (Å²) in [6, 6.07) is 12.7. The smallest absolute Gasteiger partial charge is 0.314 e. The van der Waals surface area contributed by atoms with Crippen molar-refractivity contribution >= 4 is 22.6 Å². The molecule has 0 bridgehead atoms. The first kappa shape index (κ1) is 17.8. The third-order valence-electron chi connectivity index (χ3n) is 4.96. The number of piperazine rings is 1. The molecule has 28 heavy (non-hydrogen) atoms. The van der Waals surface area contributed by atoms with Crippen molar-refractivity contribution in [3.63, 3.8) is 0 Å². The van der Waals surface area contributed by atoms with Gasteiger partial charge in [0.2, 0.25) is 0 Å². The van der Waals surface area contributed by atoms with E-state index in [4.69, 9.17) is 4.74 Å². The van der Waals surface area contributed by atoms with Gasteiger partial charge in [0, 0.05) is 31.7 Å². The van der Waals surface area contributed by atoms with Crippen molar-refractivity contribution in [3.8, 4) is 5.75 Å². The van der Waals surface area contributed by atoms with Crippen LogP contribution in [0.2, 0.25) is 0 Å². The number of carbonyl (C=O) groups excluding carboxylic acids is 1. The van der Waals surface area contributed by atoms with Gasteiger partial charge in [0.1, 0.15) is 5.75 Å². The molecule has 144 valence electrons. The molecule has 0 spiro atoms. The van der Waals surface area contributed by atoms with Gasteiger partial charge >= 0.3 is 11.1 Å². The molecule has 2 N–H and O–H groups in total. The standard InChI is InChI=1S/C20H20N4O4/c1-28-17-5-3-2-4-16(17)23-8-10-24(11-9-23)20(27)13-6-7-14-15(12-13)22-19(26)18(25)21-14/h2-7,12H,8-11H2,1H3,(H,21,25)(H,22,26). The van der Waals surface area contributed by atoms with Crippen LogP contribution in [0.25, 0.3) is 11.0 Å². The molecule has 1 saturated heterocycles. The molecule has 2 aromatic carbocycles. The van der Waals surface area contributed by atoms with Gasteiger partial charge in [-0.1, -0.05) is 12.1 Å². The van der Waals surface area contributed by atoms with E-state index < -0.39 is 11.1 Å². The number of carbonyl (C=O) groups is 1. The molecule has 1 aliphatic rings. The highest BCUT2D eigenvalue weighted by Gasteiger charge is 2.24. The maximum Gasteiger partial charge on any atom is 0.314 e. The highest BCUT2D eigenvalue weighted by molar-refractivity contribution is 5.97. The third kappa shape index (κ3) is 3.24. The summed E-state index contributed by atoms with van der Waals surface area (Å²) in [5.41, 5.74) is 0.970. The van der Waals surface area contributed by atoms with Gasteiger partial charge in [-0.3, -0.25) is 14.4 Å². The number of para-hydroxylation sites is 2. The number of methoxy groups -OCH3 is 1. The Morgan fingerprint density at radius 3 is 2.32 bits per heavy atom. The summed E-state index contributed by atoms with van der Waals surface area (Å²) >= 11 is 0. The van der Waals surface area contributed by atoms with Crippen molar-refractivity contribution in [1.82, 2.24) is 14.9 Å². The normalized spacial score (nSPS) is 14.3. The van der Waals surface area contributed by atoms with Crippen LogP contribution < -0.4 is 20.8 Å². The van der Waals surface area contributed by atoms with E-state index in [1.54, 1.807) is 30.2 Å². The molecule has 1 aromatic heterocycles. The summed E-state index contributed by atoms with van der Waals surface area (Å²) in [5.74, 6) is 0.711. The average Bonchev–Trinajstić information content (AvgIpc) is 2.74. The van der Waals surface area contributed by atoms with Crippen molar-refractivity contribution < 1.29 is 9.53 Å². The molecule has 8 nitrogen and oxygen atoms in total. The van der Waals surface area contributed by atoms with Crippen LogP contribution >= 0.6 is 0 Å². The predicted octanol–water partition coefficient (Wildman–Crippen LogP) is 1.19. The Labute approximate surface area is 160 Å². The Morgan fingerprint density at radius 2 is 1.61 bits per heavy atom. The molecule has 0 saturated carbocycles. The molecular weight excluding hydrogens is 360 g/mol. The lowest BCUT2D eigenvalue weighted by Crippen LogP contribution is -2.48.